The van der Waals surface area contributed by atoms with Crippen LogP contribution in [-0.2, 0) is 4.74 Å². The van der Waals surface area contributed by atoms with Crippen molar-refractivity contribution in [3.63, 3.8) is 0 Å². The SMILES string of the molecule is C=C(OCC)c1ncccc1N. The Morgan fingerprint density at radius 3 is 3.08 bits per heavy atom. The lowest BCUT2D eigenvalue weighted by Gasteiger charge is -2.07. The number of aromatic nitrogens is 1. The number of pyridine rings is 1. The van der Waals surface area contributed by atoms with Gasteiger partial charge < -0.3 is 10.5 Å². The van der Waals surface area contributed by atoms with Crippen LogP contribution >= 0.6 is 0 Å². The van der Waals surface area contributed by atoms with Gasteiger partial charge in [-0.05, 0) is 19.1 Å². The number of anilines is 1. The van der Waals surface area contributed by atoms with Crippen LogP contribution in [0.2, 0.25) is 0 Å². The standard InChI is InChI=1S/C9H12N2O/c1-3-12-7(2)9-8(10)5-4-6-11-9/h4-6H,2-3,10H2,1H3. The van der Waals surface area contributed by atoms with E-state index in [1.165, 1.54) is 0 Å². The predicted molar refractivity (Wildman–Crippen MR) is 49.3 cm³/mol. The van der Waals surface area contributed by atoms with Gasteiger partial charge in [0.05, 0.1) is 12.3 Å². The van der Waals surface area contributed by atoms with Gasteiger partial charge in [-0.3, -0.25) is 4.98 Å². The average molecular weight is 164 g/mol. The molecule has 0 saturated heterocycles. The van der Waals surface area contributed by atoms with E-state index < -0.39 is 0 Å². The molecule has 0 amide bonds. The molecule has 0 aliphatic heterocycles. The number of ether oxygens (including phenoxy) is 1. The summed E-state index contributed by atoms with van der Waals surface area (Å²) in [5, 5.41) is 0. The summed E-state index contributed by atoms with van der Waals surface area (Å²) in [5.74, 6) is 0.524. The van der Waals surface area contributed by atoms with Crippen LogP contribution in [0.15, 0.2) is 24.9 Å². The molecule has 3 heteroatoms. The average Bonchev–Trinajstić information content (AvgIpc) is 2.05. The fourth-order valence-electron chi connectivity index (χ4n) is 0.893. The van der Waals surface area contributed by atoms with Crippen molar-refractivity contribution in [1.29, 1.82) is 0 Å². The molecular formula is C9H12N2O. The topological polar surface area (TPSA) is 48.1 Å². The van der Waals surface area contributed by atoms with Gasteiger partial charge in [-0.15, -0.1) is 0 Å². The van der Waals surface area contributed by atoms with Crippen molar-refractivity contribution in [2.45, 2.75) is 6.92 Å². The smallest absolute Gasteiger partial charge is 0.139 e. The number of hydrogen-bond acceptors (Lipinski definition) is 3. The molecule has 3 nitrogen and oxygen atoms in total. The zero-order valence-electron chi connectivity index (χ0n) is 7.08. The second-order valence-electron chi connectivity index (χ2n) is 2.30. The van der Waals surface area contributed by atoms with Gasteiger partial charge in [-0.1, -0.05) is 6.58 Å². The lowest BCUT2D eigenvalue weighted by molar-refractivity contribution is 0.298. The summed E-state index contributed by atoms with van der Waals surface area (Å²) in [6.45, 7) is 6.18. The summed E-state index contributed by atoms with van der Waals surface area (Å²) in [6.07, 6.45) is 1.66. The van der Waals surface area contributed by atoms with Crippen LogP contribution in [0.25, 0.3) is 5.76 Å². The molecule has 1 aromatic rings. The maximum absolute atomic E-state index is 5.65. The largest absolute Gasteiger partial charge is 0.492 e. The molecule has 0 aromatic carbocycles. The van der Waals surface area contributed by atoms with Crippen LogP contribution in [0, 0.1) is 0 Å². The summed E-state index contributed by atoms with van der Waals surface area (Å²) in [6, 6.07) is 3.55. The zero-order chi connectivity index (χ0) is 8.97. The molecule has 12 heavy (non-hydrogen) atoms. The second kappa shape index (κ2) is 3.76. The van der Waals surface area contributed by atoms with E-state index in [2.05, 4.69) is 11.6 Å². The van der Waals surface area contributed by atoms with Gasteiger partial charge in [0.1, 0.15) is 11.5 Å². The minimum Gasteiger partial charge on any atom is -0.492 e. The molecule has 0 unspecified atom stereocenters. The molecule has 0 aliphatic carbocycles. The Labute approximate surface area is 71.9 Å². The lowest BCUT2D eigenvalue weighted by Crippen LogP contribution is -1.98. The van der Waals surface area contributed by atoms with Gasteiger partial charge in [-0.2, -0.15) is 0 Å². The Hall–Kier alpha value is -1.51. The van der Waals surface area contributed by atoms with Gasteiger partial charge in [-0.25, -0.2) is 0 Å². The predicted octanol–water partition coefficient (Wildman–Crippen LogP) is 1.67. The highest BCUT2D eigenvalue weighted by Crippen LogP contribution is 2.16. The zero-order valence-corrected chi connectivity index (χ0v) is 7.08. The molecule has 1 heterocycles. The van der Waals surface area contributed by atoms with Crippen molar-refractivity contribution >= 4 is 11.4 Å². The molecule has 1 aromatic heterocycles. The van der Waals surface area contributed by atoms with Crippen LogP contribution in [-0.4, -0.2) is 11.6 Å². The van der Waals surface area contributed by atoms with Gasteiger partial charge in [0.25, 0.3) is 0 Å². The van der Waals surface area contributed by atoms with E-state index in [-0.39, 0.29) is 0 Å². The van der Waals surface area contributed by atoms with Crippen LogP contribution in [0.3, 0.4) is 0 Å². The molecule has 1 rings (SSSR count). The van der Waals surface area contributed by atoms with Gasteiger partial charge in [0.2, 0.25) is 0 Å². The minimum atomic E-state index is 0.524. The molecule has 0 saturated carbocycles. The van der Waals surface area contributed by atoms with E-state index in [1.54, 1.807) is 18.3 Å². The quantitative estimate of drug-likeness (QED) is 0.691. The van der Waals surface area contributed by atoms with Gasteiger partial charge in [0.15, 0.2) is 0 Å². The first kappa shape index (κ1) is 8.59. The summed E-state index contributed by atoms with van der Waals surface area (Å²) in [5.41, 5.74) is 6.87. The van der Waals surface area contributed by atoms with E-state index in [9.17, 15) is 0 Å². The summed E-state index contributed by atoms with van der Waals surface area (Å²) in [4.78, 5) is 4.05. The molecule has 0 aliphatic rings. The maximum atomic E-state index is 5.65. The van der Waals surface area contributed by atoms with Gasteiger partial charge >= 0.3 is 0 Å². The number of nitrogens with two attached hydrogens (primary N) is 1. The molecule has 0 radical (unpaired) electrons. The molecular weight excluding hydrogens is 152 g/mol. The third-order valence-corrected chi connectivity index (χ3v) is 1.42. The van der Waals surface area contributed by atoms with Crippen molar-refractivity contribution in [2.75, 3.05) is 12.3 Å². The Morgan fingerprint density at radius 2 is 2.50 bits per heavy atom. The normalized spacial score (nSPS) is 9.42. The Morgan fingerprint density at radius 1 is 1.75 bits per heavy atom. The number of hydrogen-bond donors (Lipinski definition) is 1. The monoisotopic (exact) mass is 164 g/mol. The number of nitrogen functional groups attached to an aromatic ring is 1. The highest BCUT2D eigenvalue weighted by atomic mass is 16.5. The van der Waals surface area contributed by atoms with Crippen molar-refractivity contribution in [3.8, 4) is 0 Å². The fraction of sp³-hybridized carbons (Fsp3) is 0.222. The van der Waals surface area contributed by atoms with Crippen molar-refractivity contribution in [3.05, 3.63) is 30.6 Å². The van der Waals surface area contributed by atoms with Crippen molar-refractivity contribution in [1.82, 2.24) is 4.98 Å². The summed E-state index contributed by atoms with van der Waals surface area (Å²) in [7, 11) is 0. The third kappa shape index (κ3) is 1.75. The van der Waals surface area contributed by atoms with Crippen LogP contribution in [0.5, 0.6) is 0 Å². The minimum absolute atomic E-state index is 0.524. The Balaban J connectivity index is 2.87. The summed E-state index contributed by atoms with van der Waals surface area (Å²) < 4.78 is 5.17. The van der Waals surface area contributed by atoms with E-state index in [1.807, 2.05) is 6.92 Å². The molecule has 0 bridgehead atoms. The molecule has 0 atom stereocenters. The second-order valence-corrected chi connectivity index (χ2v) is 2.30. The highest BCUT2D eigenvalue weighted by Gasteiger charge is 2.03. The van der Waals surface area contributed by atoms with E-state index >= 15 is 0 Å². The van der Waals surface area contributed by atoms with Crippen molar-refractivity contribution < 1.29 is 4.74 Å². The Kier molecular flexibility index (Phi) is 2.69. The highest BCUT2D eigenvalue weighted by molar-refractivity contribution is 5.65. The molecule has 2 N–H and O–H groups in total. The molecule has 0 fully saturated rings. The third-order valence-electron chi connectivity index (χ3n) is 1.42. The van der Waals surface area contributed by atoms with E-state index in [0.29, 0.717) is 23.7 Å². The Bertz CT molecular complexity index is 284. The number of nitrogens with zero attached hydrogens (tertiary/aromatic N) is 1. The first-order chi connectivity index (χ1) is 5.75. The van der Waals surface area contributed by atoms with Crippen LogP contribution < -0.4 is 5.73 Å². The first-order valence-electron chi connectivity index (χ1n) is 3.78. The summed E-state index contributed by atoms with van der Waals surface area (Å²) >= 11 is 0. The van der Waals surface area contributed by atoms with Crippen molar-refractivity contribution in [2.24, 2.45) is 0 Å². The molecule has 64 valence electrons. The molecule has 0 spiro atoms. The van der Waals surface area contributed by atoms with E-state index in [4.69, 9.17) is 10.5 Å². The fourth-order valence-corrected chi connectivity index (χ4v) is 0.893. The lowest BCUT2D eigenvalue weighted by atomic mass is 10.3. The van der Waals surface area contributed by atoms with Crippen LogP contribution in [0.4, 0.5) is 5.69 Å². The van der Waals surface area contributed by atoms with Crippen LogP contribution in [0.1, 0.15) is 12.6 Å². The number of rotatable bonds is 3. The maximum Gasteiger partial charge on any atom is 0.139 e. The first-order valence-corrected chi connectivity index (χ1v) is 3.78. The van der Waals surface area contributed by atoms with E-state index in [0.717, 1.165) is 0 Å². The van der Waals surface area contributed by atoms with Gasteiger partial charge in [0, 0.05) is 6.20 Å².